The predicted molar refractivity (Wildman–Crippen MR) is 155 cm³/mol. The summed E-state index contributed by atoms with van der Waals surface area (Å²) in [6.07, 6.45) is 0.127. The second kappa shape index (κ2) is 12.2. The molecule has 2 aromatic heterocycles. The number of nitrogens with zero attached hydrogens (tertiary/aromatic N) is 3. The lowest BCUT2D eigenvalue weighted by molar-refractivity contribution is -0.122. The van der Waals surface area contributed by atoms with Gasteiger partial charge in [0, 0.05) is 24.4 Å². The van der Waals surface area contributed by atoms with Crippen LogP contribution in [0.2, 0.25) is 0 Å². The first-order valence-corrected chi connectivity index (χ1v) is 14.4. The number of ether oxygens (including phenoxy) is 1. The number of rotatable bonds is 7. The number of halogens is 4. The highest BCUT2D eigenvalue weighted by atomic mass is 19.4. The molecule has 0 radical (unpaired) electrons. The van der Waals surface area contributed by atoms with E-state index in [1.807, 2.05) is 0 Å². The number of benzene rings is 2. The number of anilines is 1. The van der Waals surface area contributed by atoms with Crippen molar-refractivity contribution in [2.45, 2.75) is 57.0 Å². The molecule has 1 unspecified atom stereocenters. The maximum atomic E-state index is 15.3. The molecule has 0 amide bonds. The molecule has 2 fully saturated rings. The predicted octanol–water partition coefficient (Wildman–Crippen LogP) is 7.34. The van der Waals surface area contributed by atoms with Gasteiger partial charge in [0.05, 0.1) is 17.3 Å². The van der Waals surface area contributed by atoms with E-state index in [-0.39, 0.29) is 23.2 Å². The quantitative estimate of drug-likeness (QED) is 0.177. The Morgan fingerprint density at radius 1 is 0.952 bits per heavy atom. The summed E-state index contributed by atoms with van der Waals surface area (Å²) in [5.74, 6) is -0.0190. The van der Waals surface area contributed by atoms with Crippen LogP contribution in [0.5, 0.6) is 0 Å². The van der Waals surface area contributed by atoms with Gasteiger partial charge in [-0.2, -0.15) is 17.6 Å². The fraction of sp³-hybridized carbons (Fsp3) is 0.375. The second-order valence-electron chi connectivity index (χ2n) is 10.9. The number of alkyl halides is 3. The highest BCUT2D eigenvalue weighted by molar-refractivity contribution is 6.00. The molecule has 0 saturated carbocycles. The monoisotopic (exact) mass is 579 g/mol. The van der Waals surface area contributed by atoms with E-state index in [1.54, 1.807) is 71.5 Å². The number of allylic oxidation sites excluding steroid dienone is 1. The number of hydrogen-bond acceptors (Lipinski definition) is 5. The Hall–Kier alpha value is -3.76. The first kappa shape index (κ1) is 28.4. The topological polar surface area (TPSA) is 64.0 Å². The van der Waals surface area contributed by atoms with Crippen molar-refractivity contribution in [3.8, 4) is 0 Å². The zero-order valence-corrected chi connectivity index (χ0v) is 23.1. The van der Waals surface area contributed by atoms with Crippen LogP contribution in [0.4, 0.5) is 23.4 Å². The molecular weight excluding hydrogens is 546 g/mol. The molecular formula is C32H33F4N5O. The average molecular weight is 580 g/mol. The van der Waals surface area contributed by atoms with Gasteiger partial charge in [-0.3, -0.25) is 0 Å². The van der Waals surface area contributed by atoms with Crippen molar-refractivity contribution in [3.63, 3.8) is 0 Å². The summed E-state index contributed by atoms with van der Waals surface area (Å²) in [4.78, 5) is 4.58. The van der Waals surface area contributed by atoms with E-state index in [0.29, 0.717) is 40.2 Å². The van der Waals surface area contributed by atoms with E-state index < -0.39 is 18.5 Å². The Bertz CT molecular complexity index is 1540. The number of aromatic nitrogens is 3. The van der Waals surface area contributed by atoms with Gasteiger partial charge in [-0.25, -0.2) is 9.67 Å². The fourth-order valence-corrected chi connectivity index (χ4v) is 5.89. The van der Waals surface area contributed by atoms with E-state index in [1.165, 1.54) is 0 Å². The Morgan fingerprint density at radius 3 is 2.43 bits per heavy atom. The van der Waals surface area contributed by atoms with Crippen LogP contribution in [0.15, 0.2) is 66.9 Å². The summed E-state index contributed by atoms with van der Waals surface area (Å²) in [5.41, 5.74) is 2.38. The molecule has 2 saturated heterocycles. The summed E-state index contributed by atoms with van der Waals surface area (Å²) in [5, 5.41) is 11.1. The third-order valence-corrected chi connectivity index (χ3v) is 7.92. The molecule has 2 N–H and O–H groups in total. The summed E-state index contributed by atoms with van der Waals surface area (Å²) in [7, 11) is 0. The molecule has 0 spiro atoms. The summed E-state index contributed by atoms with van der Waals surface area (Å²) in [6, 6.07) is 17.4. The maximum absolute atomic E-state index is 15.3. The minimum atomic E-state index is -4.47. The lowest BCUT2D eigenvalue weighted by Crippen LogP contribution is -2.35. The third-order valence-electron chi connectivity index (χ3n) is 7.92. The van der Waals surface area contributed by atoms with Crippen LogP contribution >= 0.6 is 0 Å². The van der Waals surface area contributed by atoms with Gasteiger partial charge < -0.3 is 15.4 Å². The molecule has 2 aliphatic rings. The lowest BCUT2D eigenvalue weighted by Gasteiger charge is -2.24. The van der Waals surface area contributed by atoms with Gasteiger partial charge in [0.25, 0.3) is 0 Å². The van der Waals surface area contributed by atoms with Gasteiger partial charge in [-0.05, 0) is 91.7 Å². The smallest absolute Gasteiger partial charge is 0.367 e. The van der Waals surface area contributed by atoms with Crippen LogP contribution in [0.1, 0.15) is 61.4 Å². The zero-order valence-electron chi connectivity index (χ0n) is 23.1. The summed E-state index contributed by atoms with van der Waals surface area (Å²) < 4.78 is 64.9. The van der Waals surface area contributed by atoms with Crippen LogP contribution in [0.25, 0.3) is 22.0 Å². The molecule has 0 bridgehead atoms. The van der Waals surface area contributed by atoms with Crippen molar-refractivity contribution in [1.29, 1.82) is 0 Å². The summed E-state index contributed by atoms with van der Waals surface area (Å²) in [6.45, 7) is 2.41. The molecule has 4 heterocycles. The van der Waals surface area contributed by atoms with Crippen LogP contribution in [-0.4, -0.2) is 46.7 Å². The van der Waals surface area contributed by atoms with Gasteiger partial charge in [0.1, 0.15) is 5.82 Å². The average Bonchev–Trinajstić information content (AvgIpc) is 3.34. The number of hydrogen-bond donors (Lipinski definition) is 2. The van der Waals surface area contributed by atoms with Crippen LogP contribution in [0.3, 0.4) is 0 Å². The van der Waals surface area contributed by atoms with Crippen LogP contribution in [-0.2, 0) is 4.74 Å². The Balaban J connectivity index is 1.47. The Kier molecular flexibility index (Phi) is 8.26. The molecule has 6 nitrogen and oxygen atoms in total. The van der Waals surface area contributed by atoms with E-state index >= 15 is 4.39 Å². The van der Waals surface area contributed by atoms with Crippen molar-refractivity contribution in [2.75, 3.05) is 25.0 Å². The van der Waals surface area contributed by atoms with Crippen molar-refractivity contribution < 1.29 is 22.3 Å². The van der Waals surface area contributed by atoms with E-state index in [9.17, 15) is 13.2 Å². The molecule has 2 aliphatic heterocycles. The van der Waals surface area contributed by atoms with Crippen LogP contribution in [0, 0.1) is 5.95 Å². The normalized spacial score (nSPS) is 19.1. The van der Waals surface area contributed by atoms with Crippen molar-refractivity contribution in [3.05, 3.63) is 89.5 Å². The first-order chi connectivity index (χ1) is 20.4. The van der Waals surface area contributed by atoms with E-state index in [4.69, 9.17) is 4.74 Å². The highest BCUT2D eigenvalue weighted by Gasteiger charge is 2.32. The SMILES string of the molecule is Fc1nn(C2CCCCO2)c2ccc(/C(=C(\CC(F)(F)F)c3ccccc3)c3ccc(NC4CCNCC4)nc3)cc12. The summed E-state index contributed by atoms with van der Waals surface area (Å²) >= 11 is 0. The van der Waals surface area contributed by atoms with Gasteiger partial charge in [-0.1, -0.05) is 36.4 Å². The van der Waals surface area contributed by atoms with Crippen LogP contribution < -0.4 is 10.6 Å². The molecule has 1 atom stereocenters. The lowest BCUT2D eigenvalue weighted by atomic mass is 9.88. The highest BCUT2D eigenvalue weighted by Crippen LogP contribution is 2.40. The van der Waals surface area contributed by atoms with Gasteiger partial charge in [-0.15, -0.1) is 5.10 Å². The fourth-order valence-electron chi connectivity index (χ4n) is 5.89. The molecule has 42 heavy (non-hydrogen) atoms. The largest absolute Gasteiger partial charge is 0.393 e. The molecule has 220 valence electrons. The molecule has 4 aromatic rings. The van der Waals surface area contributed by atoms with Crippen molar-refractivity contribution >= 4 is 27.9 Å². The molecule has 6 rings (SSSR count). The van der Waals surface area contributed by atoms with E-state index in [2.05, 4.69) is 20.7 Å². The van der Waals surface area contributed by atoms with E-state index in [0.717, 1.165) is 45.2 Å². The Morgan fingerprint density at radius 2 is 1.74 bits per heavy atom. The zero-order chi connectivity index (χ0) is 29.1. The van der Waals surface area contributed by atoms with Crippen molar-refractivity contribution in [1.82, 2.24) is 20.1 Å². The molecule has 10 heteroatoms. The van der Waals surface area contributed by atoms with Gasteiger partial charge in [0.15, 0.2) is 6.23 Å². The van der Waals surface area contributed by atoms with Crippen molar-refractivity contribution in [2.24, 2.45) is 0 Å². The minimum Gasteiger partial charge on any atom is -0.367 e. The minimum absolute atomic E-state index is 0.0896. The number of piperidine rings is 1. The standard InChI is InChI=1S/C32H33F4N5O/c33-31-25-18-22(9-11-27(25)41(40-31)29-8-4-5-17-42-29)30(26(19-32(34,35)36)21-6-2-1-3-7-21)23-10-12-28(38-20-23)39-24-13-15-37-16-14-24/h1-3,6-7,9-12,18,20,24,29,37H,4-5,8,13-17,19H2,(H,38,39)/b30-26-. The third kappa shape index (κ3) is 6.34. The van der Waals surface area contributed by atoms with Gasteiger partial charge in [0.2, 0.25) is 5.95 Å². The Labute approximate surface area is 241 Å². The molecule has 0 aliphatic carbocycles. The molecule has 2 aromatic carbocycles. The van der Waals surface area contributed by atoms with Gasteiger partial charge >= 0.3 is 6.18 Å². The number of fused-ring (bicyclic) bond motifs is 1. The number of pyridine rings is 1. The second-order valence-corrected chi connectivity index (χ2v) is 10.9. The maximum Gasteiger partial charge on any atom is 0.393 e. The number of nitrogens with one attached hydrogen (secondary N) is 2. The first-order valence-electron chi connectivity index (χ1n) is 14.4.